The second-order valence-electron chi connectivity index (χ2n) is 9.83. The third-order valence-electron chi connectivity index (χ3n) is 6.88. The summed E-state index contributed by atoms with van der Waals surface area (Å²) in [6, 6.07) is 15.1. The molecule has 0 saturated heterocycles. The Morgan fingerprint density at radius 2 is 1.82 bits per heavy atom. The Balaban J connectivity index is 1.58. The molecule has 0 fully saturated rings. The molecule has 1 aliphatic rings. The number of halogens is 3. The highest BCUT2D eigenvalue weighted by atomic mass is 127. The van der Waals surface area contributed by atoms with Crippen LogP contribution in [0.2, 0.25) is 5.02 Å². The maximum absolute atomic E-state index is 14.0. The van der Waals surface area contributed by atoms with Crippen molar-refractivity contribution in [2.24, 2.45) is 4.99 Å². The molecule has 0 radical (unpaired) electrons. The van der Waals surface area contributed by atoms with Crippen LogP contribution in [0.5, 0.6) is 5.75 Å². The van der Waals surface area contributed by atoms with Crippen molar-refractivity contribution in [3.63, 3.8) is 0 Å². The Hall–Kier alpha value is -3.08. The van der Waals surface area contributed by atoms with Crippen LogP contribution in [0, 0.1) is 24.2 Å². The molecule has 0 aliphatic carbocycles. The van der Waals surface area contributed by atoms with E-state index in [0.717, 1.165) is 24.0 Å². The third kappa shape index (κ3) is 6.62. The highest BCUT2D eigenvalue weighted by Gasteiger charge is 2.34. The van der Waals surface area contributed by atoms with E-state index < -0.39 is 16.9 Å². The van der Waals surface area contributed by atoms with E-state index in [1.54, 1.807) is 39.0 Å². The summed E-state index contributed by atoms with van der Waals surface area (Å²) in [4.78, 5) is 43.4. The number of hydrogen-bond donors (Lipinski definition) is 0. The predicted molar refractivity (Wildman–Crippen MR) is 186 cm³/mol. The first-order valence-electron chi connectivity index (χ1n) is 13.3. The zero-order chi connectivity index (χ0) is 31.7. The van der Waals surface area contributed by atoms with Crippen LogP contribution in [-0.4, -0.2) is 22.1 Å². The van der Waals surface area contributed by atoms with Crippen molar-refractivity contribution in [2.45, 2.75) is 33.4 Å². The number of hydrogen-bond acceptors (Lipinski definition) is 8. The van der Waals surface area contributed by atoms with E-state index in [1.807, 2.05) is 36.4 Å². The molecule has 0 saturated carbocycles. The summed E-state index contributed by atoms with van der Waals surface area (Å²) in [5.74, 6) is 0.102. The standard InChI is InChI=1S/C31H24ClI2N3O6S/c1-4-42-30(39)26-17(3)35-31-36(27(26)20-8-5-16(2)24(14-20)37(40)41)29(38)25(44-31)13-19-11-22(33)28(23(34)12-19)43-15-18-6-9-21(32)10-7-18/h5-14,27H,4,15H2,1-3H3/b25-13+/t27-/m0/s1. The van der Waals surface area contributed by atoms with E-state index in [9.17, 15) is 19.7 Å². The minimum atomic E-state index is -0.948. The molecule has 1 aromatic heterocycles. The largest absolute Gasteiger partial charge is 0.487 e. The molecule has 1 aliphatic heterocycles. The molecule has 0 bridgehead atoms. The summed E-state index contributed by atoms with van der Waals surface area (Å²) in [6.45, 7) is 5.49. The molecule has 3 aromatic carbocycles. The lowest BCUT2D eigenvalue weighted by Crippen LogP contribution is -2.40. The van der Waals surface area contributed by atoms with Gasteiger partial charge in [-0.25, -0.2) is 9.79 Å². The number of nitrogens with zero attached hydrogens (tertiary/aromatic N) is 3. The highest BCUT2D eigenvalue weighted by Crippen LogP contribution is 2.34. The van der Waals surface area contributed by atoms with Crippen LogP contribution in [0.3, 0.4) is 0 Å². The number of rotatable bonds is 8. The summed E-state index contributed by atoms with van der Waals surface area (Å²) >= 11 is 11.6. The number of ether oxygens (including phenoxy) is 2. The van der Waals surface area contributed by atoms with Gasteiger partial charge in [-0.15, -0.1) is 0 Å². The first-order chi connectivity index (χ1) is 21.0. The minimum Gasteiger partial charge on any atom is -0.487 e. The van der Waals surface area contributed by atoms with Gasteiger partial charge >= 0.3 is 5.97 Å². The van der Waals surface area contributed by atoms with Gasteiger partial charge in [0.25, 0.3) is 11.2 Å². The van der Waals surface area contributed by atoms with E-state index in [4.69, 9.17) is 21.1 Å². The number of carbonyl (C=O) groups is 1. The quantitative estimate of drug-likeness (QED) is 0.0872. The zero-order valence-corrected chi connectivity index (χ0v) is 29.5. The lowest BCUT2D eigenvalue weighted by molar-refractivity contribution is -0.385. The molecule has 44 heavy (non-hydrogen) atoms. The normalized spacial score (nSPS) is 14.7. The van der Waals surface area contributed by atoms with Crippen LogP contribution < -0.4 is 19.6 Å². The van der Waals surface area contributed by atoms with Gasteiger partial charge < -0.3 is 9.47 Å². The number of aryl methyl sites for hydroxylation is 1. The van der Waals surface area contributed by atoms with Gasteiger partial charge in [0, 0.05) is 16.7 Å². The molecular weight excluding hydrogens is 832 g/mol. The fourth-order valence-electron chi connectivity index (χ4n) is 4.79. The van der Waals surface area contributed by atoms with Crippen molar-refractivity contribution < 1.29 is 19.2 Å². The smallest absolute Gasteiger partial charge is 0.338 e. The Morgan fingerprint density at radius 1 is 1.14 bits per heavy atom. The second-order valence-corrected chi connectivity index (χ2v) is 13.6. The number of esters is 1. The molecule has 5 rings (SSSR count). The average Bonchev–Trinajstić information content (AvgIpc) is 3.26. The molecule has 0 spiro atoms. The first-order valence-corrected chi connectivity index (χ1v) is 16.6. The molecule has 9 nitrogen and oxygen atoms in total. The van der Waals surface area contributed by atoms with Gasteiger partial charge in [-0.05, 0) is 113 Å². The van der Waals surface area contributed by atoms with Gasteiger partial charge in [0.1, 0.15) is 12.4 Å². The second kappa shape index (κ2) is 13.5. The number of benzene rings is 3. The summed E-state index contributed by atoms with van der Waals surface area (Å²) < 4.78 is 15.0. The number of nitro benzene ring substituents is 1. The number of fused-ring (bicyclic) bond motifs is 1. The van der Waals surface area contributed by atoms with Crippen molar-refractivity contribution in [1.82, 2.24) is 4.57 Å². The van der Waals surface area contributed by atoms with E-state index in [-0.39, 0.29) is 23.4 Å². The Morgan fingerprint density at radius 3 is 2.45 bits per heavy atom. The van der Waals surface area contributed by atoms with Gasteiger partial charge in [-0.1, -0.05) is 47.2 Å². The average molecular weight is 856 g/mol. The van der Waals surface area contributed by atoms with E-state index >= 15 is 0 Å². The molecule has 13 heteroatoms. The highest BCUT2D eigenvalue weighted by molar-refractivity contribution is 14.1. The molecule has 4 aromatic rings. The fourth-order valence-corrected chi connectivity index (χ4v) is 8.09. The Bertz CT molecular complexity index is 2000. The van der Waals surface area contributed by atoms with Gasteiger partial charge in [-0.2, -0.15) is 0 Å². The van der Waals surface area contributed by atoms with Crippen molar-refractivity contribution in [3.05, 3.63) is 130 Å². The number of nitro groups is 1. The molecule has 0 N–H and O–H groups in total. The van der Waals surface area contributed by atoms with E-state index in [0.29, 0.717) is 37.8 Å². The van der Waals surface area contributed by atoms with Gasteiger partial charge in [-0.3, -0.25) is 19.5 Å². The third-order valence-corrected chi connectivity index (χ3v) is 9.71. The van der Waals surface area contributed by atoms with Crippen LogP contribution in [0.25, 0.3) is 6.08 Å². The van der Waals surface area contributed by atoms with Crippen LogP contribution in [-0.2, 0) is 16.1 Å². The zero-order valence-electron chi connectivity index (χ0n) is 23.6. The van der Waals surface area contributed by atoms with Crippen LogP contribution in [0.1, 0.15) is 42.1 Å². The summed E-state index contributed by atoms with van der Waals surface area (Å²) in [5, 5.41) is 12.4. The number of allylic oxidation sites excluding steroid dienone is 1. The number of carbonyl (C=O) groups excluding carboxylic acids is 1. The lowest BCUT2D eigenvalue weighted by Gasteiger charge is -2.24. The van der Waals surface area contributed by atoms with E-state index in [2.05, 4.69) is 50.2 Å². The number of aromatic nitrogens is 1. The van der Waals surface area contributed by atoms with Gasteiger partial charge in [0.2, 0.25) is 0 Å². The molecular formula is C31H24ClI2N3O6S. The molecule has 2 heterocycles. The van der Waals surface area contributed by atoms with Crippen molar-refractivity contribution in [2.75, 3.05) is 6.61 Å². The summed E-state index contributed by atoms with van der Waals surface area (Å²) in [7, 11) is 0. The molecule has 226 valence electrons. The first kappa shape index (κ1) is 32.3. The minimum absolute atomic E-state index is 0.106. The van der Waals surface area contributed by atoms with Crippen molar-refractivity contribution in [3.8, 4) is 5.75 Å². The summed E-state index contributed by atoms with van der Waals surface area (Å²) in [5.41, 5.74) is 2.72. The monoisotopic (exact) mass is 855 g/mol. The summed E-state index contributed by atoms with van der Waals surface area (Å²) in [6.07, 6.45) is 1.77. The molecule has 0 unspecified atom stereocenters. The van der Waals surface area contributed by atoms with Crippen LogP contribution in [0.4, 0.5) is 5.69 Å². The fraction of sp³-hybridized carbons (Fsp3) is 0.194. The van der Waals surface area contributed by atoms with E-state index in [1.165, 1.54) is 22.0 Å². The topological polar surface area (TPSA) is 113 Å². The van der Waals surface area contributed by atoms with Gasteiger partial charge in [0.15, 0.2) is 4.80 Å². The Labute approximate surface area is 288 Å². The SMILES string of the molecule is CCOC(=O)C1=C(C)N=c2s/c(=C/c3cc(I)c(OCc4ccc(Cl)cc4)c(I)c3)c(=O)n2[C@H]1c1ccc(C)c([N+](=O)[O-])c1. The van der Waals surface area contributed by atoms with Crippen molar-refractivity contribution in [1.29, 1.82) is 0 Å². The lowest BCUT2D eigenvalue weighted by atomic mass is 9.94. The van der Waals surface area contributed by atoms with Crippen LogP contribution in [0.15, 0.2) is 75.7 Å². The maximum atomic E-state index is 14.0. The molecule has 1 atom stereocenters. The Kier molecular flexibility index (Phi) is 9.92. The van der Waals surface area contributed by atoms with Gasteiger partial charge in [0.05, 0.1) is 40.5 Å². The van der Waals surface area contributed by atoms with Crippen molar-refractivity contribution >= 4 is 85.9 Å². The number of thiazole rings is 1. The predicted octanol–water partition coefficient (Wildman–Crippen LogP) is 6.46. The molecule has 0 amide bonds. The maximum Gasteiger partial charge on any atom is 0.338 e. The van der Waals surface area contributed by atoms with Crippen LogP contribution >= 0.6 is 68.1 Å².